The van der Waals surface area contributed by atoms with Crippen LogP contribution in [0, 0.1) is 5.82 Å². The molecule has 7 heteroatoms. The number of para-hydroxylation sites is 1. The standard InChI is InChI=1S/C16H15FN4O2/c17-14-8-4-5-9-15(14)23-11-13(22)10-21-19-16(18-20-21)12-6-2-1-3-7-12/h1-9,13,22H,10-11H2. The molecule has 0 spiro atoms. The molecule has 0 bridgehead atoms. The molecule has 1 heterocycles. The average Bonchev–Trinajstić information content (AvgIpc) is 3.03. The normalized spacial score (nSPS) is 12.1. The zero-order valence-electron chi connectivity index (χ0n) is 12.2. The predicted molar refractivity (Wildman–Crippen MR) is 81.2 cm³/mol. The number of halogens is 1. The first-order valence-electron chi connectivity index (χ1n) is 7.11. The summed E-state index contributed by atoms with van der Waals surface area (Å²) in [4.78, 5) is 1.29. The van der Waals surface area contributed by atoms with Crippen LogP contribution in [0.2, 0.25) is 0 Å². The Morgan fingerprint density at radius 2 is 1.83 bits per heavy atom. The molecule has 0 fully saturated rings. The second kappa shape index (κ2) is 6.97. The third kappa shape index (κ3) is 3.89. The minimum absolute atomic E-state index is 0.0663. The van der Waals surface area contributed by atoms with Gasteiger partial charge in [-0.2, -0.15) is 4.80 Å². The molecule has 0 saturated carbocycles. The van der Waals surface area contributed by atoms with Gasteiger partial charge in [-0.1, -0.05) is 42.5 Å². The Kier molecular flexibility index (Phi) is 4.58. The van der Waals surface area contributed by atoms with Crippen molar-refractivity contribution in [1.82, 2.24) is 20.2 Å². The van der Waals surface area contributed by atoms with Crippen molar-refractivity contribution in [3.05, 3.63) is 60.4 Å². The van der Waals surface area contributed by atoms with Crippen molar-refractivity contribution in [2.24, 2.45) is 0 Å². The first kappa shape index (κ1) is 15.1. The van der Waals surface area contributed by atoms with E-state index < -0.39 is 11.9 Å². The smallest absolute Gasteiger partial charge is 0.204 e. The second-order valence-corrected chi connectivity index (χ2v) is 4.93. The molecule has 1 aromatic heterocycles. The summed E-state index contributed by atoms with van der Waals surface area (Å²) >= 11 is 0. The van der Waals surface area contributed by atoms with Crippen LogP contribution in [0.3, 0.4) is 0 Å². The Labute approximate surface area is 132 Å². The van der Waals surface area contributed by atoms with E-state index in [1.165, 1.54) is 16.9 Å². The van der Waals surface area contributed by atoms with E-state index in [2.05, 4.69) is 15.4 Å². The van der Waals surface area contributed by atoms with Crippen LogP contribution in [0.1, 0.15) is 0 Å². The van der Waals surface area contributed by atoms with E-state index in [9.17, 15) is 9.50 Å². The third-order valence-electron chi connectivity index (χ3n) is 3.13. The van der Waals surface area contributed by atoms with E-state index >= 15 is 0 Å². The maximum Gasteiger partial charge on any atom is 0.204 e. The van der Waals surface area contributed by atoms with Crippen molar-refractivity contribution in [3.8, 4) is 17.1 Å². The minimum Gasteiger partial charge on any atom is -0.488 e. The summed E-state index contributed by atoms with van der Waals surface area (Å²) in [6, 6.07) is 15.4. The Morgan fingerprint density at radius 1 is 1.09 bits per heavy atom. The number of hydrogen-bond acceptors (Lipinski definition) is 5. The number of aliphatic hydroxyl groups is 1. The molecule has 0 amide bonds. The SMILES string of the molecule is OC(COc1ccccc1F)Cn1nnc(-c2ccccc2)n1. The number of benzene rings is 2. The molecule has 1 N–H and O–H groups in total. The van der Waals surface area contributed by atoms with Crippen LogP contribution in [0.15, 0.2) is 54.6 Å². The van der Waals surface area contributed by atoms with Gasteiger partial charge in [0.1, 0.15) is 12.7 Å². The number of hydrogen-bond donors (Lipinski definition) is 1. The molecule has 0 saturated heterocycles. The lowest BCUT2D eigenvalue weighted by atomic mass is 10.2. The third-order valence-corrected chi connectivity index (χ3v) is 3.13. The number of aliphatic hydroxyl groups excluding tert-OH is 1. The van der Waals surface area contributed by atoms with Crippen LogP contribution >= 0.6 is 0 Å². The first-order chi connectivity index (χ1) is 11.2. The summed E-state index contributed by atoms with van der Waals surface area (Å²) in [5, 5.41) is 22.0. The molecule has 2 aromatic carbocycles. The fourth-order valence-electron chi connectivity index (χ4n) is 2.01. The molecule has 3 rings (SSSR count). The van der Waals surface area contributed by atoms with Gasteiger partial charge in [0.15, 0.2) is 11.6 Å². The fourth-order valence-corrected chi connectivity index (χ4v) is 2.01. The summed E-state index contributed by atoms with van der Waals surface area (Å²) in [5.74, 6) is 0.112. The number of aromatic nitrogens is 4. The molecular formula is C16H15FN4O2. The molecule has 6 nitrogen and oxygen atoms in total. The van der Waals surface area contributed by atoms with E-state index in [1.54, 1.807) is 12.1 Å². The minimum atomic E-state index is -0.882. The number of rotatable bonds is 6. The lowest BCUT2D eigenvalue weighted by molar-refractivity contribution is 0.0831. The van der Waals surface area contributed by atoms with Gasteiger partial charge in [0.2, 0.25) is 5.82 Å². The zero-order chi connectivity index (χ0) is 16.1. The second-order valence-electron chi connectivity index (χ2n) is 4.93. The molecule has 3 aromatic rings. The highest BCUT2D eigenvalue weighted by atomic mass is 19.1. The van der Waals surface area contributed by atoms with E-state index in [4.69, 9.17) is 4.74 Å². The molecule has 0 aliphatic heterocycles. The van der Waals surface area contributed by atoms with Gasteiger partial charge in [-0.05, 0) is 17.3 Å². The summed E-state index contributed by atoms with van der Waals surface area (Å²) in [7, 11) is 0. The van der Waals surface area contributed by atoms with Crippen LogP contribution in [-0.4, -0.2) is 38.0 Å². The number of tetrazole rings is 1. The highest BCUT2D eigenvalue weighted by molar-refractivity contribution is 5.52. The van der Waals surface area contributed by atoms with Gasteiger partial charge < -0.3 is 9.84 Å². The molecular weight excluding hydrogens is 299 g/mol. The molecule has 0 aliphatic rings. The fraction of sp³-hybridized carbons (Fsp3) is 0.188. The van der Waals surface area contributed by atoms with Crippen LogP contribution in [0.4, 0.5) is 4.39 Å². The average molecular weight is 314 g/mol. The van der Waals surface area contributed by atoms with Crippen molar-refractivity contribution in [2.45, 2.75) is 12.6 Å². The monoisotopic (exact) mass is 314 g/mol. The van der Waals surface area contributed by atoms with Crippen LogP contribution in [-0.2, 0) is 6.54 Å². The van der Waals surface area contributed by atoms with Crippen molar-refractivity contribution in [1.29, 1.82) is 0 Å². The molecule has 0 aliphatic carbocycles. The quantitative estimate of drug-likeness (QED) is 0.752. The summed E-state index contributed by atoms with van der Waals surface area (Å²) in [6.45, 7) is 0.0391. The van der Waals surface area contributed by atoms with Crippen LogP contribution < -0.4 is 4.74 Å². The highest BCUT2D eigenvalue weighted by Gasteiger charge is 2.12. The summed E-state index contributed by atoms with van der Waals surface area (Å²) in [5.41, 5.74) is 0.843. The van der Waals surface area contributed by atoms with Gasteiger partial charge in [0.05, 0.1) is 6.54 Å². The van der Waals surface area contributed by atoms with Gasteiger partial charge in [-0.15, -0.1) is 10.2 Å². The van der Waals surface area contributed by atoms with Crippen molar-refractivity contribution < 1.29 is 14.2 Å². The van der Waals surface area contributed by atoms with E-state index in [1.807, 2.05) is 30.3 Å². The number of ether oxygens (including phenoxy) is 1. The van der Waals surface area contributed by atoms with Crippen LogP contribution in [0.5, 0.6) is 5.75 Å². The Hall–Kier alpha value is -2.80. The van der Waals surface area contributed by atoms with E-state index in [0.717, 1.165) is 5.56 Å². The lowest BCUT2D eigenvalue weighted by Crippen LogP contribution is -2.25. The Balaban J connectivity index is 1.57. The number of nitrogens with zero attached hydrogens (tertiary/aromatic N) is 4. The predicted octanol–water partition coefficient (Wildman–Crippen LogP) is 1.92. The van der Waals surface area contributed by atoms with Gasteiger partial charge in [0, 0.05) is 5.56 Å². The first-order valence-corrected chi connectivity index (χ1v) is 7.11. The molecule has 1 unspecified atom stereocenters. The Bertz CT molecular complexity index is 764. The maximum atomic E-state index is 13.4. The molecule has 118 valence electrons. The maximum absolute atomic E-state index is 13.4. The topological polar surface area (TPSA) is 73.1 Å². The van der Waals surface area contributed by atoms with Gasteiger partial charge >= 0.3 is 0 Å². The molecule has 23 heavy (non-hydrogen) atoms. The van der Waals surface area contributed by atoms with Gasteiger partial charge in [-0.3, -0.25) is 0 Å². The molecule has 0 radical (unpaired) electrons. The van der Waals surface area contributed by atoms with Crippen molar-refractivity contribution in [3.63, 3.8) is 0 Å². The Morgan fingerprint density at radius 3 is 2.61 bits per heavy atom. The van der Waals surface area contributed by atoms with Crippen molar-refractivity contribution in [2.75, 3.05) is 6.61 Å². The zero-order valence-corrected chi connectivity index (χ0v) is 12.2. The lowest BCUT2D eigenvalue weighted by Gasteiger charge is -2.11. The van der Waals surface area contributed by atoms with E-state index in [-0.39, 0.29) is 18.9 Å². The van der Waals surface area contributed by atoms with Gasteiger partial charge in [0.25, 0.3) is 0 Å². The summed E-state index contributed by atoms with van der Waals surface area (Å²) in [6.07, 6.45) is -0.882. The van der Waals surface area contributed by atoms with E-state index in [0.29, 0.717) is 5.82 Å². The van der Waals surface area contributed by atoms with Crippen molar-refractivity contribution >= 4 is 0 Å². The largest absolute Gasteiger partial charge is 0.488 e. The summed E-state index contributed by atoms with van der Waals surface area (Å²) < 4.78 is 18.7. The van der Waals surface area contributed by atoms with Gasteiger partial charge in [-0.25, -0.2) is 4.39 Å². The van der Waals surface area contributed by atoms with Crippen LogP contribution in [0.25, 0.3) is 11.4 Å². The highest BCUT2D eigenvalue weighted by Crippen LogP contribution is 2.16. The molecule has 1 atom stereocenters.